The summed E-state index contributed by atoms with van der Waals surface area (Å²) < 4.78 is 0. The van der Waals surface area contributed by atoms with E-state index in [0.717, 1.165) is 67.2 Å². The van der Waals surface area contributed by atoms with Crippen LogP contribution >= 0.6 is 0 Å². The molecule has 4 saturated heterocycles. The first kappa shape index (κ1) is 60.7. The van der Waals surface area contributed by atoms with Crippen LogP contribution in [0, 0.1) is 0 Å². The van der Waals surface area contributed by atoms with E-state index in [1.165, 1.54) is 5.56 Å². The molecule has 10 atom stereocenters. The van der Waals surface area contributed by atoms with Gasteiger partial charge in [0.25, 0.3) is 0 Å². The Bertz CT molecular complexity index is 2970. The minimum Gasteiger partial charge on any atom is -0.348 e. The number of carbonyl (C=O) groups excluding carboxylic acids is 8. The molecular weight excluding hydrogens is 1060 g/mol. The lowest BCUT2D eigenvalue weighted by Crippen LogP contribution is -2.62. The predicted octanol–water partition coefficient (Wildman–Crippen LogP) is 5.58. The van der Waals surface area contributed by atoms with E-state index in [1.807, 2.05) is 78.9 Å². The quantitative estimate of drug-likeness (QED) is 0.0997. The molecule has 84 heavy (non-hydrogen) atoms. The Kier molecular flexibility index (Phi) is 20.4. The van der Waals surface area contributed by atoms with Crippen LogP contribution < -0.4 is 42.5 Å². The highest BCUT2D eigenvalue weighted by Gasteiger charge is 2.48. The van der Waals surface area contributed by atoms with Crippen LogP contribution in [-0.4, -0.2) is 162 Å². The molecule has 0 bridgehead atoms. The molecule has 4 heterocycles. The highest BCUT2D eigenvalue weighted by atomic mass is 16.2. The number of anilines is 2. The van der Waals surface area contributed by atoms with Crippen molar-refractivity contribution in [2.24, 2.45) is 0 Å². The Morgan fingerprint density at radius 3 is 1.58 bits per heavy atom. The van der Waals surface area contributed by atoms with Gasteiger partial charge in [0.2, 0.25) is 35.4 Å². The van der Waals surface area contributed by atoms with E-state index in [4.69, 9.17) is 0 Å². The van der Waals surface area contributed by atoms with Crippen molar-refractivity contribution in [3.8, 4) is 0 Å². The molecule has 0 spiro atoms. The first-order valence-electron chi connectivity index (χ1n) is 30.2. The number of carbonyl (C=O) groups is 8. The van der Waals surface area contributed by atoms with Gasteiger partial charge < -0.3 is 62.1 Å². The highest BCUT2D eigenvalue weighted by molar-refractivity contribution is 5.97. The number of aryl methyl sites for hydroxylation is 1. The van der Waals surface area contributed by atoms with Gasteiger partial charge in [-0.1, -0.05) is 85.8 Å². The van der Waals surface area contributed by atoms with Gasteiger partial charge >= 0.3 is 12.1 Å². The second kappa shape index (κ2) is 28.2. The van der Waals surface area contributed by atoms with Crippen molar-refractivity contribution in [2.45, 2.75) is 164 Å². The molecule has 6 aliphatic rings. The van der Waals surface area contributed by atoms with Crippen LogP contribution in [0.1, 0.15) is 119 Å². The summed E-state index contributed by atoms with van der Waals surface area (Å²) >= 11 is 0. The monoisotopic (exact) mass is 1150 g/mol. The van der Waals surface area contributed by atoms with Gasteiger partial charge in [0.1, 0.15) is 24.2 Å². The highest BCUT2D eigenvalue weighted by Crippen LogP contribution is 2.34. The van der Waals surface area contributed by atoms with Crippen LogP contribution in [0.2, 0.25) is 0 Å². The van der Waals surface area contributed by atoms with Crippen LogP contribution in [0.4, 0.5) is 21.0 Å². The zero-order valence-electron chi connectivity index (χ0n) is 49.0. The fourth-order valence-electron chi connectivity index (χ4n) is 12.6. The van der Waals surface area contributed by atoms with Gasteiger partial charge in [-0.2, -0.15) is 0 Å². The molecule has 4 aliphatic heterocycles. The van der Waals surface area contributed by atoms with Crippen molar-refractivity contribution in [3.63, 3.8) is 0 Å². The molecule has 0 radical (unpaired) electrons. The summed E-state index contributed by atoms with van der Waals surface area (Å²) in [6.07, 6.45) is 17.9. The number of nitrogens with one attached hydrogen (secondary N) is 8. The average Bonchev–Trinajstić information content (AvgIpc) is 4.31. The maximum Gasteiger partial charge on any atom is 0.321 e. The second-order valence-electron chi connectivity index (χ2n) is 23.4. The van der Waals surface area contributed by atoms with Gasteiger partial charge in [0.05, 0.1) is 37.3 Å². The fourth-order valence-corrected chi connectivity index (χ4v) is 12.6. The fraction of sp³-hybridized carbons (Fsp3) is 0.500. The molecule has 448 valence electrons. The number of hydrogen-bond donors (Lipinski definition) is 8. The van der Waals surface area contributed by atoms with E-state index in [2.05, 4.69) is 67.3 Å². The SMILES string of the molecule is C=C1/C=C\C=C/CCCC[C@H]1NC(=O)[C@@H]1CC[C@@H]2CCN(C(=O)Nc3ccc(Cc4ccc(NC(=O)N5CC[C@H]6CCC(C(=O)N[C@@H]7CCCc8ccccc87)N6C(=O)[C@@H](NC(=O)[C@H](C)NC)C5)cc4)cc3)C[C@H](NC(=O)[C@H](C)NC)C(=O)N21. The van der Waals surface area contributed by atoms with Crippen molar-refractivity contribution in [3.05, 3.63) is 132 Å². The molecule has 0 aromatic heterocycles. The normalized spacial score (nSPS) is 26.0. The molecule has 0 saturated carbocycles. The van der Waals surface area contributed by atoms with Gasteiger partial charge in [-0.25, -0.2) is 9.59 Å². The molecule has 8 N–H and O–H groups in total. The van der Waals surface area contributed by atoms with Gasteiger partial charge in [-0.3, -0.25) is 28.8 Å². The predicted molar refractivity (Wildman–Crippen MR) is 322 cm³/mol. The van der Waals surface area contributed by atoms with Crippen LogP contribution in [0.5, 0.6) is 0 Å². The average molecular weight is 1150 g/mol. The third kappa shape index (κ3) is 14.7. The van der Waals surface area contributed by atoms with E-state index < -0.39 is 66.0 Å². The van der Waals surface area contributed by atoms with Gasteiger partial charge in [-0.05, 0) is 164 Å². The summed E-state index contributed by atoms with van der Waals surface area (Å²) in [5.74, 6) is -2.03. The van der Waals surface area contributed by atoms with Gasteiger partial charge in [0, 0.05) is 36.5 Å². The summed E-state index contributed by atoms with van der Waals surface area (Å²) in [5.41, 5.74) is 6.15. The largest absolute Gasteiger partial charge is 0.348 e. The maximum atomic E-state index is 14.6. The molecule has 10 amide bonds. The summed E-state index contributed by atoms with van der Waals surface area (Å²) in [5, 5.41) is 24.1. The standard InChI is InChI=1S/C64H84N12O8/c1-40-15-10-8-6-7-9-11-19-51(40)69-59(79)55-31-29-48-33-35-73(38-53(61(81)75(48)55)71-57(77)41(2)65-4)63(83)67-46-25-21-43(22-26-46)37-44-23-27-47(28-24-44)68-64(84)74-36-34-49-30-32-56(76(49)62(82)54(39-74)72-58(78)42(3)66-5)60(80)70-52-20-14-17-45-16-12-13-18-50(45)52/h6,8,10,12-13,15-16,18,21-28,41-42,48-49,51-56,65-66H,1,7,9,11,14,17,19-20,29-39H2,2-5H3,(H,67,83)(H,68,84)(H,69,79)(H,70,80)(H,71,77)(H,72,78)/b8-6-,15-10-/t41-,42-,48+,49+,51+,52+,53-,54-,55-,56?/m0/s1. The first-order valence-corrected chi connectivity index (χ1v) is 30.2. The number of benzene rings is 3. The first-order chi connectivity index (χ1) is 40.6. The number of allylic oxidation sites excluding steroid dienone is 3. The molecule has 3 aromatic carbocycles. The Morgan fingerprint density at radius 2 is 1.06 bits per heavy atom. The lowest BCUT2D eigenvalue weighted by molar-refractivity contribution is -0.145. The molecule has 20 nitrogen and oxygen atoms in total. The number of fused-ring (bicyclic) bond motifs is 3. The van der Waals surface area contributed by atoms with Crippen molar-refractivity contribution in [1.82, 2.24) is 51.5 Å². The zero-order chi connectivity index (χ0) is 59.4. The summed E-state index contributed by atoms with van der Waals surface area (Å²) in [4.78, 5) is 119. The molecule has 9 rings (SSSR count). The second-order valence-corrected chi connectivity index (χ2v) is 23.4. The molecule has 3 aromatic rings. The van der Waals surface area contributed by atoms with Crippen molar-refractivity contribution < 1.29 is 38.4 Å². The van der Waals surface area contributed by atoms with Crippen molar-refractivity contribution >= 4 is 58.9 Å². The van der Waals surface area contributed by atoms with E-state index >= 15 is 0 Å². The third-order valence-corrected chi connectivity index (χ3v) is 17.8. The number of rotatable bonds is 14. The number of amides is 10. The minimum atomic E-state index is -1.10. The van der Waals surface area contributed by atoms with Crippen LogP contribution in [0.25, 0.3) is 0 Å². The smallest absolute Gasteiger partial charge is 0.321 e. The zero-order valence-corrected chi connectivity index (χ0v) is 49.0. The number of likely N-dealkylation sites (N-methyl/N-ethyl adjacent to an activating group) is 2. The maximum absolute atomic E-state index is 14.6. The van der Waals surface area contributed by atoms with Gasteiger partial charge in [-0.15, -0.1) is 0 Å². The van der Waals surface area contributed by atoms with E-state index in [1.54, 1.807) is 47.5 Å². The van der Waals surface area contributed by atoms with Crippen LogP contribution in [-0.2, 0) is 41.6 Å². The molecule has 1 unspecified atom stereocenters. The van der Waals surface area contributed by atoms with Gasteiger partial charge in [0.15, 0.2) is 0 Å². The molecule has 2 aliphatic carbocycles. The summed E-state index contributed by atoms with van der Waals surface area (Å²) in [7, 11) is 3.31. The topological polar surface area (TPSA) is 246 Å². The van der Waals surface area contributed by atoms with Crippen LogP contribution in [0.3, 0.4) is 0 Å². The lowest BCUT2D eigenvalue weighted by atomic mass is 9.87. The lowest BCUT2D eigenvalue weighted by Gasteiger charge is -2.39. The van der Waals surface area contributed by atoms with Crippen molar-refractivity contribution in [1.29, 1.82) is 0 Å². The minimum absolute atomic E-state index is 0.0857. The Balaban J connectivity index is 0.799. The van der Waals surface area contributed by atoms with E-state index in [-0.39, 0.29) is 55.0 Å². The van der Waals surface area contributed by atoms with E-state index in [0.29, 0.717) is 69.4 Å². The Morgan fingerprint density at radius 1 is 0.560 bits per heavy atom. The number of urea groups is 2. The Hall–Kier alpha value is -7.84. The molecular formula is C64H84N12O8. The summed E-state index contributed by atoms with van der Waals surface area (Å²) in [6.45, 7) is 8.02. The number of hydrogen-bond acceptors (Lipinski definition) is 10. The molecule has 20 heteroatoms. The van der Waals surface area contributed by atoms with E-state index in [9.17, 15) is 38.4 Å². The van der Waals surface area contributed by atoms with Crippen LogP contribution in [0.15, 0.2) is 109 Å². The number of nitrogens with zero attached hydrogens (tertiary/aromatic N) is 4. The Labute approximate surface area is 493 Å². The summed E-state index contributed by atoms with van der Waals surface area (Å²) in [6, 6.07) is 16.4. The molecule has 4 fully saturated rings. The third-order valence-electron chi connectivity index (χ3n) is 17.8. The van der Waals surface area contributed by atoms with Crippen molar-refractivity contribution in [2.75, 3.05) is 50.9 Å².